The highest BCUT2D eigenvalue weighted by atomic mass is 32.1. The van der Waals surface area contributed by atoms with E-state index in [0.29, 0.717) is 12.1 Å². The van der Waals surface area contributed by atoms with Crippen LogP contribution >= 0.6 is 11.3 Å². The molecular weight excluding hydrogens is 346 g/mol. The number of esters is 1. The van der Waals surface area contributed by atoms with Crippen molar-refractivity contribution in [1.82, 2.24) is 5.32 Å². The van der Waals surface area contributed by atoms with Gasteiger partial charge < -0.3 is 10.1 Å². The van der Waals surface area contributed by atoms with Gasteiger partial charge in [0.15, 0.2) is 6.10 Å². The molecule has 26 heavy (non-hydrogen) atoms. The fraction of sp³-hybridized carbons (Fsp3) is 0.429. The normalized spacial score (nSPS) is 15.6. The van der Waals surface area contributed by atoms with E-state index in [1.807, 2.05) is 35.7 Å². The Labute approximate surface area is 158 Å². The van der Waals surface area contributed by atoms with Gasteiger partial charge in [0.25, 0.3) is 5.91 Å². The number of carbonyl (C=O) groups is 2. The number of hydrogen-bond acceptors (Lipinski definition) is 4. The maximum absolute atomic E-state index is 12.5. The number of fused-ring (bicyclic) bond motifs is 1. The van der Waals surface area contributed by atoms with Gasteiger partial charge in [-0.15, -0.1) is 11.3 Å². The van der Waals surface area contributed by atoms with Crippen LogP contribution in [0.15, 0.2) is 35.7 Å². The quantitative estimate of drug-likeness (QED) is 0.778. The minimum absolute atomic E-state index is 0.201. The first-order valence-electron chi connectivity index (χ1n) is 9.19. The van der Waals surface area contributed by atoms with Gasteiger partial charge in [-0.05, 0) is 49.7 Å². The Morgan fingerprint density at radius 3 is 2.65 bits per heavy atom. The van der Waals surface area contributed by atoms with Crippen LogP contribution in [-0.4, -0.2) is 24.5 Å². The highest BCUT2D eigenvalue weighted by Gasteiger charge is 2.24. The molecule has 0 saturated carbocycles. The van der Waals surface area contributed by atoms with Gasteiger partial charge in [0.1, 0.15) is 0 Å². The highest BCUT2D eigenvalue weighted by molar-refractivity contribution is 7.10. The fourth-order valence-electron chi connectivity index (χ4n) is 3.24. The third kappa shape index (κ3) is 4.33. The van der Waals surface area contributed by atoms with Gasteiger partial charge >= 0.3 is 5.97 Å². The number of hydrogen-bond donors (Lipinski definition) is 1. The molecule has 0 unspecified atom stereocenters. The van der Waals surface area contributed by atoms with Gasteiger partial charge in [-0.2, -0.15) is 0 Å². The summed E-state index contributed by atoms with van der Waals surface area (Å²) in [5.74, 6) is -0.444. The maximum Gasteiger partial charge on any atom is 0.340 e. The highest BCUT2D eigenvalue weighted by Crippen LogP contribution is 2.30. The Hall–Kier alpha value is -2.14. The summed E-state index contributed by atoms with van der Waals surface area (Å²) in [6, 6.07) is 10.0. The first-order valence-corrected chi connectivity index (χ1v) is 10.1. The summed E-state index contributed by atoms with van der Waals surface area (Å²) in [5, 5.41) is 4.76. The summed E-state index contributed by atoms with van der Waals surface area (Å²) in [6.07, 6.45) is 3.46. The van der Waals surface area contributed by atoms with Crippen molar-refractivity contribution in [2.45, 2.75) is 51.6 Å². The van der Waals surface area contributed by atoms with Crippen LogP contribution in [0.3, 0.4) is 0 Å². The van der Waals surface area contributed by atoms with Gasteiger partial charge in [-0.25, -0.2) is 4.79 Å². The van der Waals surface area contributed by atoms with Gasteiger partial charge in [0.05, 0.1) is 5.56 Å². The summed E-state index contributed by atoms with van der Waals surface area (Å²) in [5.41, 5.74) is 2.93. The topological polar surface area (TPSA) is 55.4 Å². The Balaban J connectivity index is 1.52. The number of aryl methyl sites for hydroxylation is 1. The largest absolute Gasteiger partial charge is 0.449 e. The predicted octanol–water partition coefficient (Wildman–Crippen LogP) is 4.09. The zero-order chi connectivity index (χ0) is 18.5. The van der Waals surface area contributed by atoms with E-state index in [1.54, 1.807) is 18.3 Å². The summed E-state index contributed by atoms with van der Waals surface area (Å²) in [4.78, 5) is 26.0. The van der Waals surface area contributed by atoms with Crippen molar-refractivity contribution in [3.05, 3.63) is 57.3 Å². The molecule has 1 aliphatic rings. The van der Waals surface area contributed by atoms with Gasteiger partial charge in [0.2, 0.25) is 0 Å². The monoisotopic (exact) mass is 371 g/mol. The number of carbonyl (C=O) groups excluding carboxylic acids is 2. The lowest BCUT2D eigenvalue weighted by molar-refractivity contribution is -0.129. The first kappa shape index (κ1) is 18.6. The molecule has 0 radical (unpaired) electrons. The third-order valence-corrected chi connectivity index (χ3v) is 5.97. The standard InChI is InChI=1S/C21H25NO3S/c1-14(16-8-4-3-5-9-16)12-22-20(23)15(2)25-21(24)18-13-26-19-11-7-6-10-17(18)19/h3-5,8-9,13-15H,6-7,10-12H2,1-2H3,(H,22,23)/t14-,15-/m0/s1. The molecule has 1 aliphatic carbocycles. The molecule has 0 saturated heterocycles. The number of benzene rings is 1. The Morgan fingerprint density at radius 2 is 1.88 bits per heavy atom. The lowest BCUT2D eigenvalue weighted by atomic mass is 9.96. The van der Waals surface area contributed by atoms with Crippen molar-refractivity contribution in [2.24, 2.45) is 0 Å². The number of nitrogens with one attached hydrogen (secondary N) is 1. The Kier molecular flexibility index (Phi) is 6.09. The van der Waals surface area contributed by atoms with Crippen molar-refractivity contribution in [2.75, 3.05) is 6.54 Å². The van der Waals surface area contributed by atoms with Crippen molar-refractivity contribution >= 4 is 23.2 Å². The van der Waals surface area contributed by atoms with Gasteiger partial charge in [-0.1, -0.05) is 37.3 Å². The maximum atomic E-state index is 12.5. The lowest BCUT2D eigenvalue weighted by Crippen LogP contribution is -2.37. The van der Waals surface area contributed by atoms with E-state index in [4.69, 9.17) is 4.74 Å². The third-order valence-electron chi connectivity index (χ3n) is 4.89. The second-order valence-corrected chi connectivity index (χ2v) is 7.83. The number of amides is 1. The fourth-order valence-corrected chi connectivity index (χ4v) is 4.35. The number of ether oxygens (including phenoxy) is 1. The van der Waals surface area contributed by atoms with E-state index in [2.05, 4.69) is 12.2 Å². The van der Waals surface area contributed by atoms with Crippen LogP contribution in [0.1, 0.15) is 59.0 Å². The van der Waals surface area contributed by atoms with Crippen LogP contribution in [0.2, 0.25) is 0 Å². The predicted molar refractivity (Wildman–Crippen MR) is 104 cm³/mol. The molecule has 0 fully saturated rings. The van der Waals surface area contributed by atoms with Crippen LogP contribution in [0, 0.1) is 0 Å². The van der Waals surface area contributed by atoms with E-state index < -0.39 is 6.10 Å². The molecule has 2 aromatic rings. The molecule has 3 rings (SSSR count). The molecule has 4 nitrogen and oxygen atoms in total. The molecule has 0 spiro atoms. The second kappa shape index (κ2) is 8.49. The number of rotatable bonds is 6. The van der Waals surface area contributed by atoms with E-state index in [9.17, 15) is 9.59 Å². The lowest BCUT2D eigenvalue weighted by Gasteiger charge is -2.17. The molecule has 138 valence electrons. The van der Waals surface area contributed by atoms with Gasteiger partial charge in [-0.3, -0.25) is 4.79 Å². The summed E-state index contributed by atoms with van der Waals surface area (Å²) < 4.78 is 5.42. The molecule has 1 aromatic carbocycles. The van der Waals surface area contributed by atoms with E-state index in [0.717, 1.165) is 24.8 Å². The van der Waals surface area contributed by atoms with Crippen molar-refractivity contribution in [3.8, 4) is 0 Å². The van der Waals surface area contributed by atoms with E-state index in [-0.39, 0.29) is 17.8 Å². The van der Waals surface area contributed by atoms with Crippen LogP contribution in [0.4, 0.5) is 0 Å². The number of thiophene rings is 1. The minimum atomic E-state index is -0.801. The molecule has 0 bridgehead atoms. The summed E-state index contributed by atoms with van der Waals surface area (Å²) in [6.45, 7) is 4.20. The first-order chi connectivity index (χ1) is 12.6. The summed E-state index contributed by atoms with van der Waals surface area (Å²) in [7, 11) is 0. The average Bonchev–Trinajstić information content (AvgIpc) is 3.10. The zero-order valence-electron chi connectivity index (χ0n) is 15.3. The molecular formula is C21H25NO3S. The van der Waals surface area contributed by atoms with Crippen molar-refractivity contribution < 1.29 is 14.3 Å². The molecule has 1 aromatic heterocycles. The van der Waals surface area contributed by atoms with Crippen molar-refractivity contribution in [1.29, 1.82) is 0 Å². The van der Waals surface area contributed by atoms with Crippen LogP contribution in [0.25, 0.3) is 0 Å². The SMILES string of the molecule is C[C@H](OC(=O)c1csc2c1CCCC2)C(=O)NC[C@H](C)c1ccccc1. The molecule has 1 N–H and O–H groups in total. The minimum Gasteiger partial charge on any atom is -0.449 e. The zero-order valence-corrected chi connectivity index (χ0v) is 16.1. The molecule has 5 heteroatoms. The van der Waals surface area contributed by atoms with Crippen LogP contribution in [-0.2, 0) is 22.4 Å². The molecule has 0 aliphatic heterocycles. The molecule has 1 heterocycles. The van der Waals surface area contributed by atoms with Gasteiger partial charge in [0, 0.05) is 16.8 Å². The van der Waals surface area contributed by atoms with E-state index in [1.165, 1.54) is 16.9 Å². The average molecular weight is 372 g/mol. The molecule has 2 atom stereocenters. The second-order valence-electron chi connectivity index (χ2n) is 6.86. The Bertz CT molecular complexity index is 769. The smallest absolute Gasteiger partial charge is 0.340 e. The molecule has 1 amide bonds. The van der Waals surface area contributed by atoms with Crippen LogP contribution < -0.4 is 5.32 Å². The Morgan fingerprint density at radius 1 is 1.15 bits per heavy atom. The van der Waals surface area contributed by atoms with Crippen LogP contribution in [0.5, 0.6) is 0 Å². The van der Waals surface area contributed by atoms with E-state index >= 15 is 0 Å². The van der Waals surface area contributed by atoms with Crippen molar-refractivity contribution in [3.63, 3.8) is 0 Å². The summed E-state index contributed by atoms with van der Waals surface area (Å²) >= 11 is 1.63.